The average molecular weight is 325 g/mol. The van der Waals surface area contributed by atoms with Gasteiger partial charge in [-0.15, -0.1) is 10.2 Å². The summed E-state index contributed by atoms with van der Waals surface area (Å²) in [6.45, 7) is 0.286. The fourth-order valence-corrected chi connectivity index (χ4v) is 2.85. The highest BCUT2D eigenvalue weighted by molar-refractivity contribution is 5.74. The second kappa shape index (κ2) is 5.92. The molecule has 0 saturated heterocycles. The predicted molar refractivity (Wildman–Crippen MR) is 85.9 cm³/mol. The van der Waals surface area contributed by atoms with Gasteiger partial charge in [0.05, 0.1) is 6.54 Å². The first-order valence-electron chi connectivity index (χ1n) is 7.79. The van der Waals surface area contributed by atoms with Crippen LogP contribution in [0.1, 0.15) is 23.7 Å². The third-order valence-corrected chi connectivity index (χ3v) is 4.18. The van der Waals surface area contributed by atoms with Crippen LogP contribution in [0, 0.1) is 5.82 Å². The maximum Gasteiger partial charge on any atom is 0.315 e. The van der Waals surface area contributed by atoms with Crippen molar-refractivity contribution in [2.24, 2.45) is 0 Å². The van der Waals surface area contributed by atoms with Crippen LogP contribution in [0.4, 0.5) is 9.18 Å². The van der Waals surface area contributed by atoms with Gasteiger partial charge in [0, 0.05) is 18.2 Å². The molecule has 0 aliphatic heterocycles. The van der Waals surface area contributed by atoms with E-state index >= 15 is 0 Å². The van der Waals surface area contributed by atoms with Crippen LogP contribution in [0.5, 0.6) is 0 Å². The molecule has 122 valence electrons. The largest absolute Gasteiger partial charge is 0.335 e. The zero-order chi connectivity index (χ0) is 16.5. The monoisotopic (exact) mass is 325 g/mol. The van der Waals surface area contributed by atoms with Gasteiger partial charge in [0.15, 0.2) is 11.5 Å². The first kappa shape index (κ1) is 14.6. The summed E-state index contributed by atoms with van der Waals surface area (Å²) in [6.07, 6.45) is 2.68. The SMILES string of the molecule is O=C(NCc1nnc2ccccn12)N[C@@H]1C[C@@H]1c1cccc(F)c1. The zero-order valence-corrected chi connectivity index (χ0v) is 12.8. The van der Waals surface area contributed by atoms with Gasteiger partial charge in [0.1, 0.15) is 5.82 Å². The maximum atomic E-state index is 13.2. The fourth-order valence-electron chi connectivity index (χ4n) is 2.85. The molecule has 4 rings (SSSR count). The molecular weight excluding hydrogens is 309 g/mol. The number of hydrogen-bond acceptors (Lipinski definition) is 3. The van der Waals surface area contributed by atoms with Gasteiger partial charge in [-0.05, 0) is 36.2 Å². The number of aromatic nitrogens is 3. The van der Waals surface area contributed by atoms with E-state index in [9.17, 15) is 9.18 Å². The Hall–Kier alpha value is -2.96. The molecular formula is C17H16FN5O. The number of carbonyl (C=O) groups is 1. The van der Waals surface area contributed by atoms with Gasteiger partial charge in [-0.3, -0.25) is 4.40 Å². The van der Waals surface area contributed by atoms with Crippen LogP contribution in [0.25, 0.3) is 5.65 Å². The molecule has 2 amide bonds. The second-order valence-electron chi connectivity index (χ2n) is 5.88. The number of pyridine rings is 1. The van der Waals surface area contributed by atoms with Crippen LogP contribution >= 0.6 is 0 Å². The van der Waals surface area contributed by atoms with Crippen LogP contribution in [0.3, 0.4) is 0 Å². The summed E-state index contributed by atoms with van der Waals surface area (Å²) in [7, 11) is 0. The molecule has 0 bridgehead atoms. The van der Waals surface area contributed by atoms with Gasteiger partial charge < -0.3 is 10.6 Å². The zero-order valence-electron chi connectivity index (χ0n) is 12.8. The van der Waals surface area contributed by atoms with E-state index in [2.05, 4.69) is 20.8 Å². The number of halogens is 1. The Labute approximate surface area is 137 Å². The highest BCUT2D eigenvalue weighted by Gasteiger charge is 2.39. The molecule has 0 spiro atoms. The summed E-state index contributed by atoms with van der Waals surface area (Å²) in [5.41, 5.74) is 1.66. The summed E-state index contributed by atoms with van der Waals surface area (Å²) in [5.74, 6) is 0.597. The predicted octanol–water partition coefficient (Wildman–Crippen LogP) is 2.22. The van der Waals surface area contributed by atoms with Gasteiger partial charge in [-0.2, -0.15) is 0 Å². The first-order chi connectivity index (χ1) is 11.7. The fraction of sp³-hybridized carbons (Fsp3) is 0.235. The van der Waals surface area contributed by atoms with E-state index in [-0.39, 0.29) is 30.4 Å². The molecule has 1 fully saturated rings. The van der Waals surface area contributed by atoms with Gasteiger partial charge in [-0.1, -0.05) is 18.2 Å². The van der Waals surface area contributed by atoms with Crippen molar-refractivity contribution in [1.29, 1.82) is 0 Å². The standard InChI is InChI=1S/C17H16FN5O/c18-12-5-3-4-11(8-12)13-9-14(13)20-17(24)19-10-16-22-21-15-6-1-2-7-23(15)16/h1-8,13-14H,9-10H2,(H2,19,20,24)/t13-,14-/m1/s1. The number of hydrogen-bond donors (Lipinski definition) is 2. The topological polar surface area (TPSA) is 71.3 Å². The summed E-state index contributed by atoms with van der Waals surface area (Å²) in [6, 6.07) is 11.9. The van der Waals surface area contributed by atoms with Crippen molar-refractivity contribution in [3.8, 4) is 0 Å². The molecule has 3 aromatic rings. The maximum absolute atomic E-state index is 13.2. The normalized spacial score (nSPS) is 19.2. The van der Waals surface area contributed by atoms with E-state index in [1.54, 1.807) is 6.07 Å². The lowest BCUT2D eigenvalue weighted by atomic mass is 10.1. The van der Waals surface area contributed by atoms with Crippen molar-refractivity contribution < 1.29 is 9.18 Å². The molecule has 7 heteroatoms. The minimum atomic E-state index is -0.258. The molecule has 0 unspecified atom stereocenters. The average Bonchev–Trinajstić information content (AvgIpc) is 3.22. The number of amides is 2. The molecule has 2 heterocycles. The number of carbonyl (C=O) groups excluding carboxylic acids is 1. The Bertz CT molecular complexity index is 893. The molecule has 1 aliphatic rings. The second-order valence-corrected chi connectivity index (χ2v) is 5.88. The molecule has 2 aromatic heterocycles. The summed E-state index contributed by atoms with van der Waals surface area (Å²) in [4.78, 5) is 12.0. The minimum absolute atomic E-state index is 0.0435. The van der Waals surface area contributed by atoms with E-state index in [1.807, 2.05) is 34.9 Å². The number of nitrogens with zero attached hydrogens (tertiary/aromatic N) is 3. The smallest absolute Gasteiger partial charge is 0.315 e. The van der Waals surface area contributed by atoms with Crippen LogP contribution in [-0.4, -0.2) is 26.7 Å². The van der Waals surface area contributed by atoms with Crippen LogP contribution in [0.2, 0.25) is 0 Å². The van der Waals surface area contributed by atoms with Crippen molar-refractivity contribution in [2.75, 3.05) is 0 Å². The van der Waals surface area contributed by atoms with Crippen LogP contribution < -0.4 is 10.6 Å². The lowest BCUT2D eigenvalue weighted by Gasteiger charge is -2.07. The minimum Gasteiger partial charge on any atom is -0.335 e. The molecule has 1 aliphatic carbocycles. The van der Waals surface area contributed by atoms with E-state index in [4.69, 9.17) is 0 Å². The van der Waals surface area contributed by atoms with E-state index in [0.29, 0.717) is 5.82 Å². The lowest BCUT2D eigenvalue weighted by Crippen LogP contribution is -2.37. The van der Waals surface area contributed by atoms with Crippen LogP contribution in [0.15, 0.2) is 48.7 Å². The Balaban J connectivity index is 1.32. The third-order valence-electron chi connectivity index (χ3n) is 4.18. The van der Waals surface area contributed by atoms with Crippen molar-refractivity contribution in [2.45, 2.75) is 24.9 Å². The highest BCUT2D eigenvalue weighted by Crippen LogP contribution is 2.40. The molecule has 1 aromatic carbocycles. The van der Waals surface area contributed by atoms with Crippen molar-refractivity contribution in [3.05, 3.63) is 65.9 Å². The molecule has 2 N–H and O–H groups in total. The third kappa shape index (κ3) is 2.92. The van der Waals surface area contributed by atoms with Gasteiger partial charge >= 0.3 is 6.03 Å². The Morgan fingerprint density at radius 2 is 2.17 bits per heavy atom. The lowest BCUT2D eigenvalue weighted by molar-refractivity contribution is 0.239. The first-order valence-corrected chi connectivity index (χ1v) is 7.79. The number of nitrogens with one attached hydrogen (secondary N) is 2. The Kier molecular flexibility index (Phi) is 3.60. The van der Waals surface area contributed by atoms with Crippen molar-refractivity contribution in [3.63, 3.8) is 0 Å². The van der Waals surface area contributed by atoms with Crippen LogP contribution in [-0.2, 0) is 6.54 Å². The van der Waals surface area contributed by atoms with Crippen molar-refractivity contribution >= 4 is 11.7 Å². The molecule has 6 nitrogen and oxygen atoms in total. The van der Waals surface area contributed by atoms with Gasteiger partial charge in [-0.25, -0.2) is 9.18 Å². The summed E-state index contributed by atoms with van der Waals surface area (Å²) >= 11 is 0. The highest BCUT2D eigenvalue weighted by atomic mass is 19.1. The molecule has 24 heavy (non-hydrogen) atoms. The number of benzene rings is 1. The number of urea groups is 1. The summed E-state index contributed by atoms with van der Waals surface area (Å²) in [5, 5.41) is 13.8. The molecule has 0 radical (unpaired) electrons. The van der Waals surface area contributed by atoms with Crippen molar-refractivity contribution in [1.82, 2.24) is 25.2 Å². The van der Waals surface area contributed by atoms with Gasteiger partial charge in [0.2, 0.25) is 0 Å². The van der Waals surface area contributed by atoms with Gasteiger partial charge in [0.25, 0.3) is 0 Å². The summed E-state index contributed by atoms with van der Waals surface area (Å²) < 4.78 is 15.1. The van der Waals surface area contributed by atoms with E-state index in [0.717, 1.165) is 17.6 Å². The quantitative estimate of drug-likeness (QED) is 0.773. The molecule has 1 saturated carbocycles. The number of rotatable bonds is 4. The Morgan fingerprint density at radius 3 is 3.04 bits per heavy atom. The van der Waals surface area contributed by atoms with E-state index in [1.165, 1.54) is 12.1 Å². The Morgan fingerprint density at radius 1 is 1.25 bits per heavy atom. The van der Waals surface area contributed by atoms with E-state index < -0.39 is 0 Å². The molecule has 2 atom stereocenters. The number of fused-ring (bicyclic) bond motifs is 1.